The van der Waals surface area contributed by atoms with Gasteiger partial charge in [0.25, 0.3) is 0 Å². The Morgan fingerprint density at radius 3 is 2.90 bits per heavy atom. The first-order valence-electron chi connectivity index (χ1n) is 7.65. The summed E-state index contributed by atoms with van der Waals surface area (Å²) in [7, 11) is 0. The predicted octanol–water partition coefficient (Wildman–Crippen LogP) is 4.18. The van der Waals surface area contributed by atoms with E-state index in [2.05, 4.69) is 23.4 Å². The van der Waals surface area contributed by atoms with E-state index < -0.39 is 0 Å². The van der Waals surface area contributed by atoms with Gasteiger partial charge in [-0.3, -0.25) is 0 Å². The van der Waals surface area contributed by atoms with Crippen molar-refractivity contribution in [2.75, 3.05) is 12.3 Å². The van der Waals surface area contributed by atoms with Crippen molar-refractivity contribution in [2.24, 2.45) is 0 Å². The molecule has 0 radical (unpaired) electrons. The number of nitrogens with zero attached hydrogens (tertiary/aromatic N) is 2. The monoisotopic (exact) mass is 307 g/mol. The van der Waals surface area contributed by atoms with Crippen molar-refractivity contribution in [3.8, 4) is 0 Å². The van der Waals surface area contributed by atoms with Crippen LogP contribution in [0.1, 0.15) is 45.6 Å². The van der Waals surface area contributed by atoms with E-state index in [1.165, 1.54) is 0 Å². The molecule has 0 saturated carbocycles. The number of benzene rings is 1. The van der Waals surface area contributed by atoms with Gasteiger partial charge in [-0.05, 0) is 43.9 Å². The third-order valence-electron chi connectivity index (χ3n) is 4.80. The van der Waals surface area contributed by atoms with Gasteiger partial charge in [0.05, 0.1) is 16.6 Å². The van der Waals surface area contributed by atoms with Crippen LogP contribution in [-0.2, 0) is 4.74 Å². The Morgan fingerprint density at radius 2 is 2.19 bits per heavy atom. The molecule has 2 N–H and O–H groups in total. The summed E-state index contributed by atoms with van der Waals surface area (Å²) in [5, 5.41) is 0.690. The molecule has 3 rings (SSSR count). The first kappa shape index (κ1) is 14.7. The maximum Gasteiger partial charge on any atom is 0.201 e. The van der Waals surface area contributed by atoms with E-state index in [4.69, 9.17) is 22.1 Å². The second-order valence-electron chi connectivity index (χ2n) is 5.86. The van der Waals surface area contributed by atoms with Crippen LogP contribution in [0.5, 0.6) is 0 Å². The lowest BCUT2D eigenvalue weighted by Gasteiger charge is -2.40. The minimum Gasteiger partial charge on any atom is -0.375 e. The van der Waals surface area contributed by atoms with E-state index in [0.717, 1.165) is 43.3 Å². The number of halogens is 1. The number of imidazole rings is 1. The minimum atomic E-state index is -0.0294. The van der Waals surface area contributed by atoms with Gasteiger partial charge in [-0.1, -0.05) is 25.4 Å². The summed E-state index contributed by atoms with van der Waals surface area (Å²) in [6.07, 6.45) is 4.01. The molecule has 0 spiro atoms. The fourth-order valence-corrected chi connectivity index (χ4v) is 3.61. The number of anilines is 1. The van der Waals surface area contributed by atoms with E-state index in [9.17, 15) is 0 Å². The van der Waals surface area contributed by atoms with Gasteiger partial charge >= 0.3 is 0 Å². The van der Waals surface area contributed by atoms with E-state index in [1.807, 2.05) is 18.2 Å². The lowest BCUT2D eigenvalue weighted by Crippen LogP contribution is -2.39. The van der Waals surface area contributed by atoms with E-state index >= 15 is 0 Å². The highest BCUT2D eigenvalue weighted by molar-refractivity contribution is 6.31. The van der Waals surface area contributed by atoms with Crippen molar-refractivity contribution in [2.45, 2.75) is 51.2 Å². The average molecular weight is 308 g/mol. The average Bonchev–Trinajstić information content (AvgIpc) is 2.82. The molecule has 1 atom stereocenters. The molecule has 1 aliphatic heterocycles. The normalized spacial score (nSPS) is 21.8. The van der Waals surface area contributed by atoms with E-state index in [1.54, 1.807) is 0 Å². The SMILES string of the molecule is CCC1(CC)CC(n2c(N)nc3cc(Cl)ccc32)CCO1. The van der Waals surface area contributed by atoms with E-state index in [0.29, 0.717) is 17.0 Å². The Bertz CT molecular complexity index is 648. The summed E-state index contributed by atoms with van der Waals surface area (Å²) in [6.45, 7) is 5.17. The molecule has 21 heavy (non-hydrogen) atoms. The Kier molecular flexibility index (Phi) is 3.84. The number of hydrogen-bond donors (Lipinski definition) is 1. The van der Waals surface area contributed by atoms with E-state index in [-0.39, 0.29) is 5.60 Å². The van der Waals surface area contributed by atoms with Crippen LogP contribution in [0.25, 0.3) is 11.0 Å². The molecule has 0 amide bonds. The summed E-state index contributed by atoms with van der Waals surface area (Å²) < 4.78 is 8.23. The summed E-state index contributed by atoms with van der Waals surface area (Å²) in [6, 6.07) is 6.12. The van der Waals surface area contributed by atoms with Crippen LogP contribution in [-0.4, -0.2) is 21.8 Å². The van der Waals surface area contributed by atoms with Gasteiger partial charge < -0.3 is 15.0 Å². The molecule has 1 unspecified atom stereocenters. The molecule has 2 heterocycles. The van der Waals surface area contributed by atoms with Crippen molar-refractivity contribution in [3.63, 3.8) is 0 Å². The molecule has 0 aliphatic carbocycles. The maximum absolute atomic E-state index is 6.17. The predicted molar refractivity (Wildman–Crippen MR) is 86.7 cm³/mol. The Balaban J connectivity index is 2.02. The fourth-order valence-electron chi connectivity index (χ4n) is 3.44. The van der Waals surface area contributed by atoms with Crippen LogP contribution in [0.2, 0.25) is 5.02 Å². The molecule has 1 aromatic heterocycles. The van der Waals surface area contributed by atoms with Gasteiger partial charge in [0.15, 0.2) is 0 Å². The van der Waals surface area contributed by atoms with Crippen molar-refractivity contribution in [1.82, 2.24) is 9.55 Å². The Morgan fingerprint density at radius 1 is 1.43 bits per heavy atom. The lowest BCUT2D eigenvalue weighted by atomic mass is 9.85. The van der Waals surface area contributed by atoms with Gasteiger partial charge in [-0.15, -0.1) is 0 Å². The summed E-state index contributed by atoms with van der Waals surface area (Å²) in [4.78, 5) is 4.46. The molecular formula is C16H22ClN3O. The molecule has 114 valence electrons. The number of rotatable bonds is 3. The van der Waals surface area contributed by atoms with Crippen molar-refractivity contribution < 1.29 is 4.74 Å². The number of ether oxygens (including phenoxy) is 1. The molecule has 4 nitrogen and oxygen atoms in total. The standard InChI is InChI=1S/C16H22ClN3O/c1-3-16(4-2)10-12(7-8-21-16)20-14-6-5-11(17)9-13(14)19-15(20)18/h5-6,9,12H,3-4,7-8,10H2,1-2H3,(H2,18,19). The molecule has 0 bridgehead atoms. The van der Waals surface area contributed by atoms with Crippen LogP contribution in [0.3, 0.4) is 0 Å². The zero-order chi connectivity index (χ0) is 15.0. The van der Waals surface area contributed by atoms with Gasteiger partial charge in [0, 0.05) is 17.7 Å². The Labute approximate surface area is 130 Å². The highest BCUT2D eigenvalue weighted by atomic mass is 35.5. The number of nitrogen functional groups attached to an aromatic ring is 1. The van der Waals surface area contributed by atoms with Crippen LogP contribution < -0.4 is 5.73 Å². The number of hydrogen-bond acceptors (Lipinski definition) is 3. The van der Waals surface area contributed by atoms with Crippen LogP contribution in [0.15, 0.2) is 18.2 Å². The molecule has 1 saturated heterocycles. The lowest BCUT2D eigenvalue weighted by molar-refractivity contribution is -0.0979. The minimum absolute atomic E-state index is 0.0294. The first-order chi connectivity index (χ1) is 10.1. The zero-order valence-corrected chi connectivity index (χ0v) is 13.4. The zero-order valence-electron chi connectivity index (χ0n) is 12.6. The third kappa shape index (κ3) is 2.51. The van der Waals surface area contributed by atoms with Gasteiger partial charge in [-0.2, -0.15) is 0 Å². The number of nitrogens with two attached hydrogens (primary N) is 1. The largest absolute Gasteiger partial charge is 0.375 e. The molecule has 1 aromatic carbocycles. The highest BCUT2D eigenvalue weighted by Crippen LogP contribution is 2.39. The second-order valence-corrected chi connectivity index (χ2v) is 6.29. The maximum atomic E-state index is 6.17. The second kappa shape index (κ2) is 5.50. The van der Waals surface area contributed by atoms with Crippen LogP contribution in [0, 0.1) is 0 Å². The summed E-state index contributed by atoms with van der Waals surface area (Å²) in [5.41, 5.74) is 8.07. The van der Waals surface area contributed by atoms with Gasteiger partial charge in [-0.25, -0.2) is 4.98 Å². The van der Waals surface area contributed by atoms with Crippen molar-refractivity contribution in [3.05, 3.63) is 23.2 Å². The highest BCUT2D eigenvalue weighted by Gasteiger charge is 2.36. The first-order valence-corrected chi connectivity index (χ1v) is 8.03. The summed E-state index contributed by atoms with van der Waals surface area (Å²) in [5.74, 6) is 0.570. The fraction of sp³-hybridized carbons (Fsp3) is 0.562. The van der Waals surface area contributed by atoms with Crippen LogP contribution >= 0.6 is 11.6 Å². The Hall–Kier alpha value is -1.26. The molecular weight excluding hydrogens is 286 g/mol. The quantitative estimate of drug-likeness (QED) is 0.925. The smallest absolute Gasteiger partial charge is 0.201 e. The van der Waals surface area contributed by atoms with Gasteiger partial charge in [0.1, 0.15) is 0 Å². The third-order valence-corrected chi connectivity index (χ3v) is 5.03. The molecule has 2 aromatic rings. The van der Waals surface area contributed by atoms with Gasteiger partial charge in [0.2, 0.25) is 5.95 Å². The topological polar surface area (TPSA) is 53.1 Å². The molecule has 5 heteroatoms. The van der Waals surface area contributed by atoms with Crippen molar-refractivity contribution >= 4 is 28.6 Å². The summed E-state index contributed by atoms with van der Waals surface area (Å²) >= 11 is 6.05. The van der Waals surface area contributed by atoms with Crippen molar-refractivity contribution in [1.29, 1.82) is 0 Å². The van der Waals surface area contributed by atoms with Crippen LogP contribution in [0.4, 0.5) is 5.95 Å². The molecule has 1 aliphatic rings. The number of aromatic nitrogens is 2. The molecule has 1 fully saturated rings. The number of fused-ring (bicyclic) bond motifs is 1.